The van der Waals surface area contributed by atoms with Crippen molar-refractivity contribution in [3.05, 3.63) is 76.6 Å². The highest BCUT2D eigenvalue weighted by molar-refractivity contribution is 5.80. The average Bonchev–Trinajstić information content (AvgIpc) is 2.47. The first-order chi connectivity index (χ1) is 9.97. The predicted molar refractivity (Wildman–Crippen MR) is 74.5 cm³/mol. The Balaban J connectivity index is 2.17. The molecule has 0 saturated carbocycles. The van der Waals surface area contributed by atoms with Gasteiger partial charge in [-0.3, -0.25) is 4.79 Å². The number of rotatable bonds is 1. The first kappa shape index (κ1) is 13.4. The molecule has 0 N–H and O–H groups in total. The lowest BCUT2D eigenvalue weighted by Gasteiger charge is -2.12. The van der Waals surface area contributed by atoms with Crippen molar-refractivity contribution < 1.29 is 13.2 Å². The summed E-state index contributed by atoms with van der Waals surface area (Å²) in [6, 6.07) is 13.2. The van der Waals surface area contributed by atoms with E-state index in [-0.39, 0.29) is 5.43 Å². The molecule has 0 fully saturated rings. The SMILES string of the molecule is O=c1ccn(-c2ccc(C(F)(F)F)cc2)c2ccccc12. The smallest absolute Gasteiger partial charge is 0.316 e. The zero-order chi connectivity index (χ0) is 15.0. The van der Waals surface area contributed by atoms with Gasteiger partial charge in [-0.05, 0) is 36.4 Å². The summed E-state index contributed by atoms with van der Waals surface area (Å²) in [4.78, 5) is 11.8. The van der Waals surface area contributed by atoms with Crippen LogP contribution in [0.3, 0.4) is 0 Å². The summed E-state index contributed by atoms with van der Waals surface area (Å²) >= 11 is 0. The number of pyridine rings is 1. The van der Waals surface area contributed by atoms with Crippen molar-refractivity contribution in [1.29, 1.82) is 0 Å². The molecule has 0 aliphatic carbocycles. The first-order valence-corrected chi connectivity index (χ1v) is 6.25. The van der Waals surface area contributed by atoms with E-state index in [1.165, 1.54) is 18.2 Å². The zero-order valence-corrected chi connectivity index (χ0v) is 10.8. The number of aromatic nitrogens is 1. The number of fused-ring (bicyclic) bond motifs is 1. The third-order valence-electron chi connectivity index (χ3n) is 3.28. The van der Waals surface area contributed by atoms with Gasteiger partial charge in [0.15, 0.2) is 5.43 Å². The number of benzene rings is 2. The molecule has 0 amide bonds. The van der Waals surface area contributed by atoms with E-state index in [1.807, 2.05) is 0 Å². The van der Waals surface area contributed by atoms with Crippen LogP contribution in [-0.2, 0) is 6.18 Å². The second kappa shape index (κ2) is 4.77. The van der Waals surface area contributed by atoms with E-state index in [0.29, 0.717) is 16.6 Å². The van der Waals surface area contributed by atoms with Gasteiger partial charge < -0.3 is 4.57 Å². The molecule has 0 saturated heterocycles. The number of hydrogen-bond donors (Lipinski definition) is 0. The van der Waals surface area contributed by atoms with E-state index in [2.05, 4.69) is 0 Å². The Bertz CT molecular complexity index is 848. The summed E-state index contributed by atoms with van der Waals surface area (Å²) in [5.41, 5.74) is 0.411. The largest absolute Gasteiger partial charge is 0.416 e. The molecule has 0 aliphatic rings. The van der Waals surface area contributed by atoms with Crippen LogP contribution in [0.4, 0.5) is 13.2 Å². The third kappa shape index (κ3) is 2.42. The van der Waals surface area contributed by atoms with Crippen molar-refractivity contribution in [3.8, 4) is 5.69 Å². The van der Waals surface area contributed by atoms with Crippen LogP contribution < -0.4 is 5.43 Å². The molecule has 0 bridgehead atoms. The number of nitrogens with zero attached hydrogens (tertiary/aromatic N) is 1. The normalized spacial score (nSPS) is 11.8. The number of hydrogen-bond acceptors (Lipinski definition) is 1. The monoisotopic (exact) mass is 289 g/mol. The average molecular weight is 289 g/mol. The van der Waals surface area contributed by atoms with Gasteiger partial charge in [0.2, 0.25) is 0 Å². The van der Waals surface area contributed by atoms with Crippen molar-refractivity contribution >= 4 is 10.9 Å². The standard InChI is InChI=1S/C16H10F3NO/c17-16(18,19)11-5-7-12(8-6-11)20-10-9-15(21)13-3-1-2-4-14(13)20/h1-10H. The minimum atomic E-state index is -4.36. The molecule has 5 heteroatoms. The van der Waals surface area contributed by atoms with E-state index in [1.54, 1.807) is 35.0 Å². The van der Waals surface area contributed by atoms with Crippen LogP contribution in [0, 0.1) is 0 Å². The summed E-state index contributed by atoms with van der Waals surface area (Å²) in [5.74, 6) is 0. The summed E-state index contributed by atoms with van der Waals surface area (Å²) < 4.78 is 39.4. The molecule has 0 aliphatic heterocycles. The van der Waals surface area contributed by atoms with Crippen LogP contribution >= 0.6 is 0 Å². The maximum atomic E-state index is 12.6. The van der Waals surface area contributed by atoms with Gasteiger partial charge in [0.1, 0.15) is 0 Å². The quantitative estimate of drug-likeness (QED) is 0.663. The minimum absolute atomic E-state index is 0.117. The molecule has 3 aromatic rings. The molecule has 0 atom stereocenters. The lowest BCUT2D eigenvalue weighted by atomic mass is 10.1. The Morgan fingerprint density at radius 2 is 1.52 bits per heavy atom. The Morgan fingerprint density at radius 1 is 0.857 bits per heavy atom. The van der Waals surface area contributed by atoms with Crippen LogP contribution in [0.1, 0.15) is 5.56 Å². The lowest BCUT2D eigenvalue weighted by Crippen LogP contribution is -2.08. The van der Waals surface area contributed by atoms with Crippen molar-refractivity contribution in [2.45, 2.75) is 6.18 Å². The van der Waals surface area contributed by atoms with Gasteiger partial charge in [0.05, 0.1) is 11.1 Å². The topological polar surface area (TPSA) is 22.0 Å². The van der Waals surface area contributed by atoms with E-state index in [4.69, 9.17) is 0 Å². The molecule has 2 aromatic carbocycles. The van der Waals surface area contributed by atoms with Crippen molar-refractivity contribution in [2.75, 3.05) is 0 Å². The van der Waals surface area contributed by atoms with Gasteiger partial charge in [0, 0.05) is 23.3 Å². The van der Waals surface area contributed by atoms with Gasteiger partial charge in [-0.2, -0.15) is 13.2 Å². The summed E-state index contributed by atoms with van der Waals surface area (Å²) in [6.07, 6.45) is -2.79. The van der Waals surface area contributed by atoms with E-state index >= 15 is 0 Å². The van der Waals surface area contributed by atoms with Gasteiger partial charge in [-0.25, -0.2) is 0 Å². The van der Waals surface area contributed by atoms with E-state index in [0.717, 1.165) is 12.1 Å². The molecule has 0 spiro atoms. The summed E-state index contributed by atoms with van der Waals surface area (Å²) in [6.45, 7) is 0. The van der Waals surface area contributed by atoms with Crippen LogP contribution in [0.15, 0.2) is 65.6 Å². The van der Waals surface area contributed by atoms with Crippen LogP contribution in [0.25, 0.3) is 16.6 Å². The molecule has 1 aromatic heterocycles. The van der Waals surface area contributed by atoms with E-state index < -0.39 is 11.7 Å². The van der Waals surface area contributed by atoms with Gasteiger partial charge >= 0.3 is 6.18 Å². The van der Waals surface area contributed by atoms with Crippen molar-refractivity contribution in [3.63, 3.8) is 0 Å². The molecule has 3 rings (SSSR count). The molecule has 21 heavy (non-hydrogen) atoms. The number of halogens is 3. The predicted octanol–water partition coefficient (Wildman–Crippen LogP) is 4.01. The van der Waals surface area contributed by atoms with Crippen molar-refractivity contribution in [2.24, 2.45) is 0 Å². The Morgan fingerprint density at radius 3 is 2.19 bits per heavy atom. The Labute approximate surface area is 118 Å². The zero-order valence-electron chi connectivity index (χ0n) is 10.8. The number of para-hydroxylation sites is 1. The second-order valence-electron chi connectivity index (χ2n) is 4.61. The molecular weight excluding hydrogens is 279 g/mol. The maximum absolute atomic E-state index is 12.6. The summed E-state index contributed by atoms with van der Waals surface area (Å²) in [7, 11) is 0. The van der Waals surface area contributed by atoms with Crippen LogP contribution in [-0.4, -0.2) is 4.57 Å². The Kier molecular flexibility index (Phi) is 3.05. The van der Waals surface area contributed by atoms with Gasteiger partial charge in [-0.1, -0.05) is 12.1 Å². The molecule has 0 unspecified atom stereocenters. The second-order valence-corrected chi connectivity index (χ2v) is 4.61. The first-order valence-electron chi connectivity index (χ1n) is 6.25. The van der Waals surface area contributed by atoms with Gasteiger partial charge in [-0.15, -0.1) is 0 Å². The maximum Gasteiger partial charge on any atom is 0.416 e. The molecule has 1 heterocycles. The fourth-order valence-electron chi connectivity index (χ4n) is 2.24. The third-order valence-corrected chi connectivity index (χ3v) is 3.28. The fourth-order valence-corrected chi connectivity index (χ4v) is 2.24. The lowest BCUT2D eigenvalue weighted by molar-refractivity contribution is -0.137. The van der Waals surface area contributed by atoms with Gasteiger partial charge in [0.25, 0.3) is 0 Å². The highest BCUT2D eigenvalue weighted by atomic mass is 19.4. The van der Waals surface area contributed by atoms with Crippen molar-refractivity contribution in [1.82, 2.24) is 4.57 Å². The Hall–Kier alpha value is -2.56. The number of alkyl halides is 3. The minimum Gasteiger partial charge on any atom is -0.316 e. The molecular formula is C16H10F3NO. The highest BCUT2D eigenvalue weighted by Gasteiger charge is 2.29. The molecule has 0 radical (unpaired) electrons. The fraction of sp³-hybridized carbons (Fsp3) is 0.0625. The molecule has 106 valence electrons. The molecule has 2 nitrogen and oxygen atoms in total. The van der Waals surface area contributed by atoms with Crippen LogP contribution in [0.5, 0.6) is 0 Å². The van der Waals surface area contributed by atoms with E-state index in [9.17, 15) is 18.0 Å². The highest BCUT2D eigenvalue weighted by Crippen LogP contribution is 2.29. The summed E-state index contributed by atoms with van der Waals surface area (Å²) in [5, 5.41) is 0.528. The van der Waals surface area contributed by atoms with Crippen LogP contribution in [0.2, 0.25) is 0 Å².